The van der Waals surface area contributed by atoms with E-state index < -0.39 is 5.97 Å². The van der Waals surface area contributed by atoms with Crippen LogP contribution in [0.5, 0.6) is 0 Å². The summed E-state index contributed by atoms with van der Waals surface area (Å²) in [4.78, 5) is 15.2. The van der Waals surface area contributed by atoms with Crippen molar-refractivity contribution in [2.75, 3.05) is 0 Å². The monoisotopic (exact) mass is 297 g/mol. The van der Waals surface area contributed by atoms with Crippen LogP contribution in [0.2, 0.25) is 5.15 Å². The summed E-state index contributed by atoms with van der Waals surface area (Å²) in [5.41, 5.74) is 0.0831. The highest BCUT2D eigenvalue weighted by atomic mass is 35.5. The van der Waals surface area contributed by atoms with Crippen LogP contribution < -0.4 is 0 Å². The molecule has 98 valence electrons. The van der Waals surface area contributed by atoms with E-state index in [1.165, 1.54) is 12.1 Å². The number of carboxylic acid groups (broad SMARTS) is 1. The SMILES string of the molecule is O=C(O)c1ccc(Cl)nc1Sc1nnnn1C1CC1. The number of aromatic carboxylic acids is 1. The van der Waals surface area contributed by atoms with Crippen molar-refractivity contribution < 1.29 is 9.90 Å². The van der Waals surface area contributed by atoms with Gasteiger partial charge in [-0.1, -0.05) is 11.6 Å². The van der Waals surface area contributed by atoms with Gasteiger partial charge in [-0.25, -0.2) is 14.5 Å². The average Bonchev–Trinajstić information content (AvgIpc) is 3.10. The first-order chi connectivity index (χ1) is 9.15. The van der Waals surface area contributed by atoms with Gasteiger partial charge in [-0.3, -0.25) is 0 Å². The molecule has 0 aliphatic heterocycles. The van der Waals surface area contributed by atoms with Crippen LogP contribution in [-0.2, 0) is 0 Å². The summed E-state index contributed by atoms with van der Waals surface area (Å²) >= 11 is 6.91. The van der Waals surface area contributed by atoms with Crippen molar-refractivity contribution in [1.82, 2.24) is 25.2 Å². The Morgan fingerprint density at radius 2 is 2.26 bits per heavy atom. The molecule has 19 heavy (non-hydrogen) atoms. The molecule has 7 nitrogen and oxygen atoms in total. The van der Waals surface area contributed by atoms with Crippen LogP contribution >= 0.6 is 23.4 Å². The van der Waals surface area contributed by atoms with E-state index in [-0.39, 0.29) is 15.7 Å². The van der Waals surface area contributed by atoms with Gasteiger partial charge in [-0.05, 0) is 47.2 Å². The molecule has 1 aliphatic carbocycles. The summed E-state index contributed by atoms with van der Waals surface area (Å²) in [6.45, 7) is 0. The highest BCUT2D eigenvalue weighted by molar-refractivity contribution is 7.99. The van der Waals surface area contributed by atoms with Gasteiger partial charge in [-0.2, -0.15) is 0 Å². The molecule has 0 radical (unpaired) electrons. The third-order valence-corrected chi connectivity index (χ3v) is 3.77. The molecule has 0 aromatic carbocycles. The summed E-state index contributed by atoms with van der Waals surface area (Å²) in [6, 6.07) is 3.18. The molecule has 9 heteroatoms. The van der Waals surface area contributed by atoms with Crippen molar-refractivity contribution in [1.29, 1.82) is 0 Å². The molecule has 2 heterocycles. The number of hydrogen-bond donors (Lipinski definition) is 1. The molecule has 1 saturated carbocycles. The number of nitrogens with zero attached hydrogens (tertiary/aromatic N) is 5. The van der Waals surface area contributed by atoms with Crippen molar-refractivity contribution in [2.24, 2.45) is 0 Å². The number of halogens is 1. The van der Waals surface area contributed by atoms with E-state index in [9.17, 15) is 4.79 Å². The quantitative estimate of drug-likeness (QED) is 0.861. The Labute approximate surface area is 117 Å². The highest BCUT2D eigenvalue weighted by Gasteiger charge is 2.29. The zero-order chi connectivity index (χ0) is 13.4. The molecule has 0 saturated heterocycles. The average molecular weight is 298 g/mol. The Morgan fingerprint density at radius 3 is 2.95 bits per heavy atom. The molecule has 0 spiro atoms. The largest absolute Gasteiger partial charge is 0.478 e. The van der Waals surface area contributed by atoms with E-state index in [0.29, 0.717) is 11.2 Å². The zero-order valence-corrected chi connectivity index (χ0v) is 11.1. The summed E-state index contributed by atoms with van der Waals surface area (Å²) in [5.74, 6) is -1.06. The van der Waals surface area contributed by atoms with Crippen molar-refractivity contribution >= 4 is 29.3 Å². The minimum absolute atomic E-state index is 0.0831. The first-order valence-corrected chi connectivity index (χ1v) is 6.70. The molecule has 2 aromatic rings. The van der Waals surface area contributed by atoms with Crippen molar-refractivity contribution in [2.45, 2.75) is 29.1 Å². The molecular weight excluding hydrogens is 290 g/mol. The first-order valence-electron chi connectivity index (χ1n) is 5.50. The van der Waals surface area contributed by atoms with Gasteiger partial charge in [0.15, 0.2) is 0 Å². The second kappa shape index (κ2) is 4.78. The number of carbonyl (C=O) groups is 1. The maximum Gasteiger partial charge on any atom is 0.338 e. The van der Waals surface area contributed by atoms with E-state index in [4.69, 9.17) is 16.7 Å². The lowest BCUT2D eigenvalue weighted by Gasteiger charge is -2.05. The van der Waals surface area contributed by atoms with Gasteiger partial charge in [0, 0.05) is 0 Å². The molecule has 0 atom stereocenters. The van der Waals surface area contributed by atoms with Gasteiger partial charge in [0.05, 0.1) is 11.6 Å². The topological polar surface area (TPSA) is 93.8 Å². The standard InChI is InChI=1S/C10H8ClN5O2S/c11-7-4-3-6(9(17)18)8(12-7)19-10-13-14-15-16(10)5-1-2-5/h3-5H,1-2H2,(H,17,18). The van der Waals surface area contributed by atoms with Gasteiger partial charge in [-0.15, -0.1) is 5.10 Å². The van der Waals surface area contributed by atoms with Crippen molar-refractivity contribution in [3.63, 3.8) is 0 Å². The lowest BCUT2D eigenvalue weighted by molar-refractivity contribution is 0.0692. The Balaban J connectivity index is 1.95. The fraction of sp³-hybridized carbons (Fsp3) is 0.300. The third kappa shape index (κ3) is 2.54. The number of tetrazole rings is 1. The Hall–Kier alpha value is -1.67. The first kappa shape index (κ1) is 12.4. The van der Waals surface area contributed by atoms with Crippen LogP contribution in [0.25, 0.3) is 0 Å². The minimum Gasteiger partial charge on any atom is -0.478 e. The molecule has 3 rings (SSSR count). The van der Waals surface area contributed by atoms with E-state index in [1.807, 2.05) is 0 Å². The maximum atomic E-state index is 11.1. The van der Waals surface area contributed by atoms with Crippen LogP contribution in [-0.4, -0.2) is 36.3 Å². The molecule has 1 fully saturated rings. The zero-order valence-electron chi connectivity index (χ0n) is 9.52. The predicted octanol–water partition coefficient (Wildman–Crippen LogP) is 1.91. The second-order valence-corrected chi connectivity index (χ2v) is 5.37. The maximum absolute atomic E-state index is 11.1. The van der Waals surface area contributed by atoms with Gasteiger partial charge >= 0.3 is 5.97 Å². The third-order valence-electron chi connectivity index (χ3n) is 2.60. The smallest absolute Gasteiger partial charge is 0.338 e. The van der Waals surface area contributed by atoms with Crippen LogP contribution in [0.1, 0.15) is 29.2 Å². The van der Waals surface area contributed by atoms with Gasteiger partial charge in [0.25, 0.3) is 0 Å². The summed E-state index contributed by atoms with van der Waals surface area (Å²) in [5, 5.41) is 21.6. The van der Waals surface area contributed by atoms with Gasteiger partial charge < -0.3 is 5.11 Å². The van der Waals surface area contributed by atoms with Gasteiger partial charge in [0.2, 0.25) is 5.16 Å². The lowest BCUT2D eigenvalue weighted by atomic mass is 10.3. The minimum atomic E-state index is -1.06. The number of carboxylic acids is 1. The molecule has 2 aromatic heterocycles. The molecule has 0 unspecified atom stereocenters. The van der Waals surface area contributed by atoms with Crippen molar-refractivity contribution in [3.8, 4) is 0 Å². The number of hydrogen-bond acceptors (Lipinski definition) is 6. The molecule has 1 aliphatic rings. The number of pyridine rings is 1. The van der Waals surface area contributed by atoms with E-state index >= 15 is 0 Å². The summed E-state index contributed by atoms with van der Waals surface area (Å²) in [7, 11) is 0. The molecule has 0 bridgehead atoms. The predicted molar refractivity (Wildman–Crippen MR) is 66.4 cm³/mol. The fourth-order valence-electron chi connectivity index (χ4n) is 1.55. The number of rotatable bonds is 4. The molecule has 0 amide bonds. The van der Waals surface area contributed by atoms with E-state index in [0.717, 1.165) is 24.6 Å². The number of aromatic nitrogens is 5. The normalized spacial score (nSPS) is 14.6. The molecular formula is C10H8ClN5O2S. The Morgan fingerprint density at radius 1 is 1.47 bits per heavy atom. The fourth-order valence-corrected chi connectivity index (χ4v) is 2.68. The van der Waals surface area contributed by atoms with Crippen molar-refractivity contribution in [3.05, 3.63) is 22.8 Å². The van der Waals surface area contributed by atoms with Crippen LogP contribution in [0.4, 0.5) is 0 Å². The van der Waals surface area contributed by atoms with Crippen LogP contribution in [0, 0.1) is 0 Å². The highest BCUT2D eigenvalue weighted by Crippen LogP contribution is 2.38. The molecule has 1 N–H and O–H groups in total. The lowest BCUT2D eigenvalue weighted by Crippen LogP contribution is -2.03. The van der Waals surface area contributed by atoms with E-state index in [1.54, 1.807) is 4.68 Å². The summed E-state index contributed by atoms with van der Waals surface area (Å²) in [6.07, 6.45) is 2.07. The summed E-state index contributed by atoms with van der Waals surface area (Å²) < 4.78 is 1.69. The Bertz CT molecular complexity index is 643. The second-order valence-electron chi connectivity index (χ2n) is 4.03. The van der Waals surface area contributed by atoms with Gasteiger partial charge in [0.1, 0.15) is 10.2 Å². The van der Waals surface area contributed by atoms with E-state index in [2.05, 4.69) is 20.5 Å². The Kier molecular flexibility index (Phi) is 3.11. The van der Waals surface area contributed by atoms with Crippen LogP contribution in [0.15, 0.2) is 22.3 Å². The van der Waals surface area contributed by atoms with Crippen LogP contribution in [0.3, 0.4) is 0 Å².